The molecule has 2 nitrogen and oxygen atoms in total. The molecule has 1 heterocycles. The van der Waals surface area contributed by atoms with Gasteiger partial charge in [-0.25, -0.2) is 0 Å². The van der Waals surface area contributed by atoms with Crippen molar-refractivity contribution < 1.29 is 0 Å². The highest BCUT2D eigenvalue weighted by molar-refractivity contribution is 9.11. The van der Waals surface area contributed by atoms with Crippen molar-refractivity contribution in [1.82, 2.24) is 5.43 Å². The second-order valence-electron chi connectivity index (χ2n) is 5.03. The van der Waals surface area contributed by atoms with Gasteiger partial charge in [-0.3, -0.25) is 11.3 Å². The second-order valence-corrected chi connectivity index (χ2v) is 7.57. The zero-order chi connectivity index (χ0) is 13.2. The molecular weight excluding hydrogens is 320 g/mol. The average molecular weight is 337 g/mol. The van der Waals surface area contributed by atoms with Gasteiger partial charge < -0.3 is 0 Å². The first-order valence-electron chi connectivity index (χ1n) is 6.56. The Bertz CT molecular complexity index is 567. The Morgan fingerprint density at radius 1 is 1.32 bits per heavy atom. The molecule has 0 aliphatic heterocycles. The minimum atomic E-state index is 0.314. The van der Waals surface area contributed by atoms with Crippen molar-refractivity contribution in [3.8, 4) is 0 Å². The summed E-state index contributed by atoms with van der Waals surface area (Å²) in [5, 5.41) is 0. The first kappa shape index (κ1) is 13.3. The highest BCUT2D eigenvalue weighted by atomic mass is 79.9. The van der Waals surface area contributed by atoms with E-state index in [0.717, 1.165) is 6.42 Å². The van der Waals surface area contributed by atoms with E-state index in [4.69, 9.17) is 5.84 Å². The van der Waals surface area contributed by atoms with Gasteiger partial charge >= 0.3 is 0 Å². The lowest BCUT2D eigenvalue weighted by molar-refractivity contribution is 0.436. The quantitative estimate of drug-likeness (QED) is 0.661. The van der Waals surface area contributed by atoms with Gasteiger partial charge in [-0.05, 0) is 58.5 Å². The van der Waals surface area contributed by atoms with Gasteiger partial charge in [-0.2, -0.15) is 0 Å². The Kier molecular flexibility index (Phi) is 4.03. The number of nitrogens with one attached hydrogen (secondary N) is 1. The number of thiophene rings is 1. The number of rotatable bonds is 4. The molecule has 1 aromatic carbocycles. The van der Waals surface area contributed by atoms with Crippen LogP contribution in [0.1, 0.15) is 28.3 Å². The summed E-state index contributed by atoms with van der Waals surface area (Å²) in [5.74, 6) is 6.34. The number of halogens is 1. The predicted octanol–water partition coefficient (Wildman–Crippen LogP) is 3.62. The topological polar surface area (TPSA) is 38.0 Å². The van der Waals surface area contributed by atoms with E-state index >= 15 is 0 Å². The van der Waals surface area contributed by atoms with Crippen molar-refractivity contribution in [3.05, 3.63) is 56.2 Å². The molecule has 2 atom stereocenters. The molecule has 1 aliphatic carbocycles. The molecule has 0 saturated heterocycles. The Balaban J connectivity index is 1.80. The lowest BCUT2D eigenvalue weighted by Crippen LogP contribution is -2.40. The molecule has 0 amide bonds. The van der Waals surface area contributed by atoms with Crippen LogP contribution in [-0.2, 0) is 12.8 Å². The molecule has 3 rings (SSSR count). The molecule has 100 valence electrons. The van der Waals surface area contributed by atoms with Crippen LogP contribution >= 0.6 is 27.3 Å². The minimum Gasteiger partial charge on any atom is -0.271 e. The van der Waals surface area contributed by atoms with E-state index in [0.29, 0.717) is 12.0 Å². The average Bonchev–Trinajstić information content (AvgIpc) is 3.02. The number of aryl methyl sites for hydroxylation is 1. The molecule has 1 aromatic heterocycles. The van der Waals surface area contributed by atoms with Gasteiger partial charge in [0.15, 0.2) is 0 Å². The summed E-state index contributed by atoms with van der Waals surface area (Å²) < 4.78 is 1.19. The fourth-order valence-corrected chi connectivity index (χ4v) is 4.55. The maximum absolute atomic E-state index is 5.81. The molecule has 2 aromatic rings. The van der Waals surface area contributed by atoms with Gasteiger partial charge in [0, 0.05) is 16.8 Å². The zero-order valence-electron chi connectivity index (χ0n) is 10.6. The van der Waals surface area contributed by atoms with Crippen LogP contribution in [0.2, 0.25) is 0 Å². The smallest absolute Gasteiger partial charge is 0.0701 e. The van der Waals surface area contributed by atoms with Gasteiger partial charge in [-0.15, -0.1) is 11.3 Å². The van der Waals surface area contributed by atoms with Crippen LogP contribution in [0, 0.1) is 0 Å². The van der Waals surface area contributed by atoms with Gasteiger partial charge in [-0.1, -0.05) is 24.3 Å². The first-order valence-corrected chi connectivity index (χ1v) is 8.17. The molecule has 0 saturated carbocycles. The van der Waals surface area contributed by atoms with Crippen LogP contribution in [0.3, 0.4) is 0 Å². The number of fused-ring (bicyclic) bond motifs is 1. The molecule has 4 heteroatoms. The number of nitrogens with two attached hydrogens (primary N) is 1. The molecule has 3 N–H and O–H groups in total. The van der Waals surface area contributed by atoms with Crippen molar-refractivity contribution in [2.24, 2.45) is 5.84 Å². The first-order chi connectivity index (χ1) is 9.28. The van der Waals surface area contributed by atoms with Crippen molar-refractivity contribution >= 4 is 27.3 Å². The SMILES string of the molecule is NNC(Cc1ccc(Br)s1)C1CCc2ccccc21. The van der Waals surface area contributed by atoms with Crippen LogP contribution in [0.15, 0.2) is 40.2 Å². The van der Waals surface area contributed by atoms with Crippen LogP contribution in [0.25, 0.3) is 0 Å². The lowest BCUT2D eigenvalue weighted by Gasteiger charge is -2.23. The van der Waals surface area contributed by atoms with E-state index in [2.05, 4.69) is 57.8 Å². The maximum atomic E-state index is 5.81. The van der Waals surface area contributed by atoms with Gasteiger partial charge in [0.1, 0.15) is 0 Å². The molecule has 0 spiro atoms. The minimum absolute atomic E-state index is 0.314. The fourth-order valence-electron chi connectivity index (χ4n) is 3.00. The zero-order valence-corrected chi connectivity index (χ0v) is 13.0. The number of hydrazine groups is 1. The Morgan fingerprint density at radius 3 is 2.89 bits per heavy atom. The van der Waals surface area contributed by atoms with E-state index < -0.39 is 0 Å². The van der Waals surface area contributed by atoms with Crippen LogP contribution in [0.5, 0.6) is 0 Å². The standard InChI is InChI=1S/C15H17BrN2S/c16-15-8-6-11(19-15)9-14(18-17)13-7-5-10-3-1-2-4-12(10)13/h1-4,6,8,13-14,18H,5,7,9,17H2. The molecule has 0 bridgehead atoms. The largest absolute Gasteiger partial charge is 0.271 e. The molecule has 19 heavy (non-hydrogen) atoms. The monoisotopic (exact) mass is 336 g/mol. The third-order valence-electron chi connectivity index (χ3n) is 3.93. The number of benzene rings is 1. The summed E-state index contributed by atoms with van der Waals surface area (Å²) >= 11 is 5.31. The van der Waals surface area contributed by atoms with Gasteiger partial charge in [0.05, 0.1) is 3.79 Å². The number of hydrogen-bond donors (Lipinski definition) is 2. The normalized spacial score (nSPS) is 19.4. The summed E-state index contributed by atoms with van der Waals surface area (Å²) in [5.41, 5.74) is 5.99. The van der Waals surface area contributed by atoms with Crippen LogP contribution in [0.4, 0.5) is 0 Å². The molecule has 1 aliphatic rings. The number of hydrogen-bond acceptors (Lipinski definition) is 3. The van der Waals surface area contributed by atoms with Crippen molar-refractivity contribution in [2.75, 3.05) is 0 Å². The second kappa shape index (κ2) is 5.75. The molecule has 2 unspecified atom stereocenters. The summed E-state index contributed by atoms with van der Waals surface area (Å²) in [7, 11) is 0. The van der Waals surface area contributed by atoms with Gasteiger partial charge in [0.25, 0.3) is 0 Å². The summed E-state index contributed by atoms with van der Waals surface area (Å²) in [6.45, 7) is 0. The Morgan fingerprint density at radius 2 is 2.16 bits per heavy atom. The van der Waals surface area contributed by atoms with E-state index in [-0.39, 0.29) is 0 Å². The van der Waals surface area contributed by atoms with E-state index in [1.807, 2.05) is 0 Å². The molecule has 0 radical (unpaired) electrons. The highest BCUT2D eigenvalue weighted by Crippen LogP contribution is 2.36. The predicted molar refractivity (Wildman–Crippen MR) is 84.3 cm³/mol. The molecule has 0 fully saturated rings. The van der Waals surface area contributed by atoms with Crippen LogP contribution in [-0.4, -0.2) is 6.04 Å². The fraction of sp³-hybridized carbons (Fsp3) is 0.333. The highest BCUT2D eigenvalue weighted by Gasteiger charge is 2.29. The van der Waals surface area contributed by atoms with E-state index in [1.165, 1.54) is 32.6 Å². The maximum Gasteiger partial charge on any atom is 0.0701 e. The molecular formula is C15H17BrN2S. The summed E-state index contributed by atoms with van der Waals surface area (Å²) in [6, 6.07) is 13.4. The Labute approximate surface area is 126 Å². The van der Waals surface area contributed by atoms with Gasteiger partial charge in [0.2, 0.25) is 0 Å². The van der Waals surface area contributed by atoms with Crippen molar-refractivity contribution in [3.63, 3.8) is 0 Å². The lowest BCUT2D eigenvalue weighted by atomic mass is 9.91. The summed E-state index contributed by atoms with van der Waals surface area (Å²) in [6.07, 6.45) is 3.36. The van der Waals surface area contributed by atoms with E-state index in [1.54, 1.807) is 11.3 Å². The summed E-state index contributed by atoms with van der Waals surface area (Å²) in [4.78, 5) is 1.37. The van der Waals surface area contributed by atoms with Crippen molar-refractivity contribution in [1.29, 1.82) is 0 Å². The van der Waals surface area contributed by atoms with Crippen molar-refractivity contribution in [2.45, 2.75) is 31.2 Å². The third kappa shape index (κ3) is 2.77. The third-order valence-corrected chi connectivity index (χ3v) is 5.57. The van der Waals surface area contributed by atoms with Crippen LogP contribution < -0.4 is 11.3 Å². The van der Waals surface area contributed by atoms with E-state index in [9.17, 15) is 0 Å². The Hall–Kier alpha value is -0.680.